The van der Waals surface area contributed by atoms with Crippen LogP contribution in [0.25, 0.3) is 22.2 Å². The van der Waals surface area contributed by atoms with Crippen molar-refractivity contribution in [1.82, 2.24) is 9.88 Å². The van der Waals surface area contributed by atoms with E-state index in [1.54, 1.807) is 24.3 Å². The summed E-state index contributed by atoms with van der Waals surface area (Å²) < 4.78 is 7.88. The van der Waals surface area contributed by atoms with Crippen LogP contribution in [0.2, 0.25) is 0 Å². The molecule has 5 heteroatoms. The van der Waals surface area contributed by atoms with Gasteiger partial charge >= 0.3 is 0 Å². The van der Waals surface area contributed by atoms with Crippen LogP contribution in [-0.4, -0.2) is 22.8 Å². The molecule has 0 saturated heterocycles. The molecule has 0 radical (unpaired) electrons. The molecule has 4 aromatic rings. The summed E-state index contributed by atoms with van der Waals surface area (Å²) in [6.45, 7) is 2.93. The molecule has 0 unspecified atom stereocenters. The molecule has 5 nitrogen and oxygen atoms in total. The first kappa shape index (κ1) is 18.7. The first-order chi connectivity index (χ1) is 14.1. The standard InChI is InChI=1S/C24H22N2O3/c1-17(27)18-7-9-20(10-8-18)22-11-12-23(29-22)24(28)25-14-4-15-26-16-13-19-5-2-3-6-21(19)26/h2-3,5-13,16H,4,14-15H2,1H3,(H,25,28). The Morgan fingerprint density at radius 3 is 2.55 bits per heavy atom. The highest BCUT2D eigenvalue weighted by Gasteiger charge is 2.12. The molecule has 0 saturated carbocycles. The van der Waals surface area contributed by atoms with E-state index >= 15 is 0 Å². The fourth-order valence-electron chi connectivity index (χ4n) is 3.36. The number of hydrogen-bond donors (Lipinski definition) is 1. The number of benzene rings is 2. The molecule has 0 bridgehead atoms. The number of aryl methyl sites for hydroxylation is 1. The molecular formula is C24H22N2O3. The second-order valence-electron chi connectivity index (χ2n) is 6.97. The largest absolute Gasteiger partial charge is 0.451 e. The molecule has 2 aromatic heterocycles. The Hall–Kier alpha value is -3.60. The quantitative estimate of drug-likeness (QED) is 0.362. The Kier molecular flexibility index (Phi) is 5.29. The Balaban J connectivity index is 1.31. The number of para-hydroxylation sites is 1. The number of amides is 1. The number of aromatic nitrogens is 1. The Morgan fingerprint density at radius 1 is 0.966 bits per heavy atom. The number of rotatable bonds is 7. The number of fused-ring (bicyclic) bond motifs is 1. The molecule has 146 valence electrons. The highest BCUT2D eigenvalue weighted by molar-refractivity contribution is 5.94. The predicted molar refractivity (Wildman–Crippen MR) is 113 cm³/mol. The predicted octanol–water partition coefficient (Wildman–Crippen LogP) is 4.92. The summed E-state index contributed by atoms with van der Waals surface area (Å²) in [4.78, 5) is 23.7. The lowest BCUT2D eigenvalue weighted by atomic mass is 10.1. The summed E-state index contributed by atoms with van der Waals surface area (Å²) in [5.41, 5.74) is 2.67. The first-order valence-electron chi connectivity index (χ1n) is 9.65. The van der Waals surface area contributed by atoms with Crippen molar-refractivity contribution in [3.63, 3.8) is 0 Å². The second kappa shape index (κ2) is 8.19. The Labute approximate surface area is 169 Å². The van der Waals surface area contributed by atoms with Crippen molar-refractivity contribution < 1.29 is 14.0 Å². The third kappa shape index (κ3) is 4.14. The summed E-state index contributed by atoms with van der Waals surface area (Å²) in [7, 11) is 0. The first-order valence-corrected chi connectivity index (χ1v) is 9.65. The summed E-state index contributed by atoms with van der Waals surface area (Å²) in [6.07, 6.45) is 2.90. The Morgan fingerprint density at radius 2 is 1.76 bits per heavy atom. The van der Waals surface area contributed by atoms with Crippen LogP contribution in [0.3, 0.4) is 0 Å². The molecule has 2 heterocycles. The fraction of sp³-hybridized carbons (Fsp3) is 0.167. The van der Waals surface area contributed by atoms with Gasteiger partial charge in [0.05, 0.1) is 0 Å². The molecule has 0 atom stereocenters. The number of nitrogens with one attached hydrogen (secondary N) is 1. The minimum Gasteiger partial charge on any atom is -0.451 e. The third-order valence-electron chi connectivity index (χ3n) is 4.95. The van der Waals surface area contributed by atoms with Crippen molar-refractivity contribution in [3.8, 4) is 11.3 Å². The van der Waals surface area contributed by atoms with E-state index in [2.05, 4.69) is 34.3 Å². The minimum absolute atomic E-state index is 0.0176. The van der Waals surface area contributed by atoms with Gasteiger partial charge in [-0.05, 0) is 43.0 Å². The molecule has 4 rings (SSSR count). The maximum atomic E-state index is 12.4. The molecule has 1 N–H and O–H groups in total. The normalized spacial score (nSPS) is 10.9. The lowest BCUT2D eigenvalue weighted by Gasteiger charge is -2.06. The summed E-state index contributed by atoms with van der Waals surface area (Å²) >= 11 is 0. The number of ketones is 1. The van der Waals surface area contributed by atoms with Gasteiger partial charge in [-0.25, -0.2) is 0 Å². The van der Waals surface area contributed by atoms with Gasteiger partial charge in [-0.15, -0.1) is 0 Å². The topological polar surface area (TPSA) is 64.2 Å². The molecule has 0 aliphatic rings. The van der Waals surface area contributed by atoms with E-state index in [1.807, 2.05) is 24.3 Å². The van der Waals surface area contributed by atoms with Gasteiger partial charge in [0.15, 0.2) is 11.5 Å². The number of furan rings is 1. The van der Waals surface area contributed by atoms with E-state index in [0.717, 1.165) is 18.5 Å². The Bertz CT molecular complexity index is 1150. The zero-order valence-electron chi connectivity index (χ0n) is 16.2. The van der Waals surface area contributed by atoms with Crippen LogP contribution in [0.5, 0.6) is 0 Å². The maximum absolute atomic E-state index is 12.4. The molecule has 0 aliphatic carbocycles. The van der Waals surface area contributed by atoms with Crippen LogP contribution in [0.15, 0.2) is 77.3 Å². The lowest BCUT2D eigenvalue weighted by Crippen LogP contribution is -2.24. The molecule has 2 aromatic carbocycles. The van der Waals surface area contributed by atoms with Gasteiger partial charge in [-0.2, -0.15) is 0 Å². The molecule has 1 amide bonds. The lowest BCUT2D eigenvalue weighted by molar-refractivity contribution is 0.0925. The van der Waals surface area contributed by atoms with Gasteiger partial charge in [-0.1, -0.05) is 42.5 Å². The van der Waals surface area contributed by atoms with Crippen LogP contribution >= 0.6 is 0 Å². The van der Waals surface area contributed by atoms with E-state index < -0.39 is 0 Å². The summed E-state index contributed by atoms with van der Waals surface area (Å²) in [6, 6.07) is 20.9. The van der Waals surface area contributed by atoms with E-state index in [1.165, 1.54) is 17.8 Å². The van der Waals surface area contributed by atoms with E-state index in [4.69, 9.17) is 4.42 Å². The molecular weight excluding hydrogens is 364 g/mol. The summed E-state index contributed by atoms with van der Waals surface area (Å²) in [5.74, 6) is 0.670. The van der Waals surface area contributed by atoms with E-state index in [0.29, 0.717) is 17.9 Å². The van der Waals surface area contributed by atoms with Gasteiger partial charge in [0, 0.05) is 35.9 Å². The molecule has 29 heavy (non-hydrogen) atoms. The average molecular weight is 386 g/mol. The van der Waals surface area contributed by atoms with Crippen molar-refractivity contribution >= 4 is 22.6 Å². The molecule has 0 spiro atoms. The smallest absolute Gasteiger partial charge is 0.287 e. The zero-order valence-corrected chi connectivity index (χ0v) is 16.2. The van der Waals surface area contributed by atoms with Crippen LogP contribution in [0.4, 0.5) is 0 Å². The molecule has 0 fully saturated rings. The van der Waals surface area contributed by atoms with Gasteiger partial charge < -0.3 is 14.3 Å². The minimum atomic E-state index is -0.228. The average Bonchev–Trinajstić information content (AvgIpc) is 3.39. The number of carbonyl (C=O) groups is 2. The monoisotopic (exact) mass is 386 g/mol. The fourth-order valence-corrected chi connectivity index (χ4v) is 3.36. The van der Waals surface area contributed by atoms with Gasteiger partial charge in [0.2, 0.25) is 0 Å². The third-order valence-corrected chi connectivity index (χ3v) is 4.95. The van der Waals surface area contributed by atoms with E-state index in [-0.39, 0.29) is 17.5 Å². The summed E-state index contributed by atoms with van der Waals surface area (Å²) in [5, 5.41) is 4.13. The number of nitrogens with zero attached hydrogens (tertiary/aromatic N) is 1. The SMILES string of the molecule is CC(=O)c1ccc(-c2ccc(C(=O)NCCCn3ccc4ccccc43)o2)cc1. The van der Waals surface area contributed by atoms with Crippen molar-refractivity contribution in [3.05, 3.63) is 84.3 Å². The van der Waals surface area contributed by atoms with Crippen LogP contribution < -0.4 is 5.32 Å². The highest BCUT2D eigenvalue weighted by atomic mass is 16.3. The van der Waals surface area contributed by atoms with Crippen LogP contribution in [0.1, 0.15) is 34.3 Å². The van der Waals surface area contributed by atoms with Crippen LogP contribution in [0, 0.1) is 0 Å². The van der Waals surface area contributed by atoms with Gasteiger partial charge in [0.25, 0.3) is 5.91 Å². The number of hydrogen-bond acceptors (Lipinski definition) is 3. The van der Waals surface area contributed by atoms with E-state index in [9.17, 15) is 9.59 Å². The number of Topliss-reactive ketones (excluding diaryl/α,β-unsaturated/α-hetero) is 1. The van der Waals surface area contributed by atoms with Crippen LogP contribution in [-0.2, 0) is 6.54 Å². The molecule has 0 aliphatic heterocycles. The van der Waals surface area contributed by atoms with Crippen molar-refractivity contribution in [1.29, 1.82) is 0 Å². The van der Waals surface area contributed by atoms with Gasteiger partial charge in [0.1, 0.15) is 5.76 Å². The van der Waals surface area contributed by atoms with Crippen molar-refractivity contribution in [2.24, 2.45) is 0 Å². The van der Waals surface area contributed by atoms with Crippen molar-refractivity contribution in [2.75, 3.05) is 6.54 Å². The number of carbonyl (C=O) groups excluding carboxylic acids is 2. The zero-order chi connectivity index (χ0) is 20.2. The van der Waals surface area contributed by atoms with Gasteiger partial charge in [-0.3, -0.25) is 9.59 Å². The second-order valence-corrected chi connectivity index (χ2v) is 6.97. The highest BCUT2D eigenvalue weighted by Crippen LogP contribution is 2.23. The maximum Gasteiger partial charge on any atom is 0.287 e. The van der Waals surface area contributed by atoms with Crippen molar-refractivity contribution in [2.45, 2.75) is 19.9 Å².